The first-order valence-corrected chi connectivity index (χ1v) is 5.42. The van der Waals surface area contributed by atoms with Gasteiger partial charge in [-0.25, -0.2) is 4.39 Å². The lowest BCUT2D eigenvalue weighted by atomic mass is 10.1. The molecule has 1 aromatic rings. The minimum atomic E-state index is -1.23. The Balaban J connectivity index is 2.95. The zero-order valence-electron chi connectivity index (χ0n) is 10.4. The fourth-order valence-corrected chi connectivity index (χ4v) is 1.32. The highest BCUT2D eigenvalue weighted by atomic mass is 19.1. The highest BCUT2D eigenvalue weighted by Gasteiger charge is 2.18. The molecule has 19 heavy (non-hydrogen) atoms. The standard InChI is InChI=1S/C12H13FN2O4/c1-6(12(18)19)14-11(17)9-5-8(15-7(2)16)3-4-10(9)13/h3-6H,1-2H3,(H,14,17)(H,15,16)(H,18,19)/t6-/m0/s1. The Morgan fingerprint density at radius 3 is 2.47 bits per heavy atom. The number of aliphatic carboxylic acids is 1. The summed E-state index contributed by atoms with van der Waals surface area (Å²) in [6.45, 7) is 2.53. The van der Waals surface area contributed by atoms with Gasteiger partial charge in [-0.15, -0.1) is 0 Å². The monoisotopic (exact) mass is 268 g/mol. The molecule has 2 amide bonds. The molecule has 0 saturated heterocycles. The quantitative estimate of drug-likeness (QED) is 0.758. The number of hydrogen-bond donors (Lipinski definition) is 3. The predicted octanol–water partition coefficient (Wildman–Crippen LogP) is 0.987. The van der Waals surface area contributed by atoms with E-state index >= 15 is 0 Å². The number of carbonyl (C=O) groups excluding carboxylic acids is 2. The smallest absolute Gasteiger partial charge is 0.325 e. The Hall–Kier alpha value is -2.44. The number of rotatable bonds is 4. The molecule has 0 fully saturated rings. The van der Waals surface area contributed by atoms with Crippen molar-refractivity contribution in [3.05, 3.63) is 29.6 Å². The highest BCUT2D eigenvalue weighted by Crippen LogP contribution is 2.15. The summed E-state index contributed by atoms with van der Waals surface area (Å²) >= 11 is 0. The number of anilines is 1. The number of nitrogens with one attached hydrogen (secondary N) is 2. The van der Waals surface area contributed by atoms with E-state index in [0.29, 0.717) is 0 Å². The van der Waals surface area contributed by atoms with E-state index in [0.717, 1.165) is 12.1 Å². The number of benzene rings is 1. The van der Waals surface area contributed by atoms with Gasteiger partial charge in [0.05, 0.1) is 5.56 Å². The lowest BCUT2D eigenvalue weighted by molar-refractivity contribution is -0.138. The largest absolute Gasteiger partial charge is 0.480 e. The Morgan fingerprint density at radius 2 is 1.95 bits per heavy atom. The van der Waals surface area contributed by atoms with Crippen LogP contribution >= 0.6 is 0 Å². The first-order chi connectivity index (χ1) is 8.81. The third-order valence-electron chi connectivity index (χ3n) is 2.25. The van der Waals surface area contributed by atoms with E-state index in [9.17, 15) is 18.8 Å². The van der Waals surface area contributed by atoms with Crippen molar-refractivity contribution in [3.63, 3.8) is 0 Å². The summed E-state index contributed by atoms with van der Waals surface area (Å²) in [6.07, 6.45) is 0. The first-order valence-electron chi connectivity index (χ1n) is 5.42. The fraction of sp³-hybridized carbons (Fsp3) is 0.250. The summed E-state index contributed by atoms with van der Waals surface area (Å²) < 4.78 is 13.5. The summed E-state index contributed by atoms with van der Waals surface area (Å²) in [5.41, 5.74) is -0.0821. The summed E-state index contributed by atoms with van der Waals surface area (Å²) in [7, 11) is 0. The molecular weight excluding hydrogens is 255 g/mol. The Bertz CT molecular complexity index is 530. The van der Waals surface area contributed by atoms with Crippen LogP contribution in [0.2, 0.25) is 0 Å². The number of amides is 2. The lowest BCUT2D eigenvalue weighted by Crippen LogP contribution is -2.38. The molecule has 0 aliphatic carbocycles. The third kappa shape index (κ3) is 4.06. The molecule has 102 valence electrons. The van der Waals surface area contributed by atoms with Gasteiger partial charge in [0, 0.05) is 12.6 Å². The third-order valence-corrected chi connectivity index (χ3v) is 2.25. The van der Waals surface area contributed by atoms with Crippen LogP contribution in [0.5, 0.6) is 0 Å². The van der Waals surface area contributed by atoms with E-state index in [2.05, 4.69) is 10.6 Å². The average Bonchev–Trinajstić information content (AvgIpc) is 2.30. The van der Waals surface area contributed by atoms with Gasteiger partial charge in [0.2, 0.25) is 5.91 Å². The Morgan fingerprint density at radius 1 is 1.32 bits per heavy atom. The van der Waals surface area contributed by atoms with Crippen molar-refractivity contribution in [2.75, 3.05) is 5.32 Å². The van der Waals surface area contributed by atoms with Crippen molar-refractivity contribution in [3.8, 4) is 0 Å². The summed E-state index contributed by atoms with van der Waals surface area (Å²) in [5, 5.41) is 13.2. The molecule has 0 bridgehead atoms. The van der Waals surface area contributed by atoms with Crippen LogP contribution in [0.4, 0.5) is 10.1 Å². The van der Waals surface area contributed by atoms with Crippen LogP contribution in [0.3, 0.4) is 0 Å². The Labute approximate surface area is 108 Å². The van der Waals surface area contributed by atoms with Crippen LogP contribution in [-0.4, -0.2) is 28.9 Å². The maximum atomic E-state index is 13.5. The molecule has 0 unspecified atom stereocenters. The minimum absolute atomic E-state index is 0.252. The van der Waals surface area contributed by atoms with Crippen LogP contribution in [0.15, 0.2) is 18.2 Å². The molecular formula is C12H13FN2O4. The Kier molecular flexibility index (Phi) is 4.57. The van der Waals surface area contributed by atoms with Gasteiger partial charge in [-0.1, -0.05) is 0 Å². The van der Waals surface area contributed by atoms with E-state index in [1.54, 1.807) is 0 Å². The van der Waals surface area contributed by atoms with Gasteiger partial charge < -0.3 is 15.7 Å². The van der Waals surface area contributed by atoms with Crippen LogP contribution in [0, 0.1) is 5.82 Å². The summed E-state index contributed by atoms with van der Waals surface area (Å²) in [5.74, 6) is -3.26. The first kappa shape index (κ1) is 14.6. The SMILES string of the molecule is CC(=O)Nc1ccc(F)c(C(=O)N[C@@H](C)C(=O)O)c1. The summed E-state index contributed by atoms with van der Waals surface area (Å²) in [4.78, 5) is 33.2. The highest BCUT2D eigenvalue weighted by molar-refractivity contribution is 5.98. The van der Waals surface area contributed by atoms with Crippen LogP contribution in [-0.2, 0) is 9.59 Å². The number of carbonyl (C=O) groups is 3. The molecule has 7 heteroatoms. The van der Waals surface area contributed by atoms with E-state index in [1.807, 2.05) is 0 Å². The molecule has 0 aromatic heterocycles. The molecule has 0 radical (unpaired) electrons. The molecule has 1 rings (SSSR count). The van der Waals surface area contributed by atoms with Crippen molar-refractivity contribution < 1.29 is 23.9 Å². The van der Waals surface area contributed by atoms with Gasteiger partial charge >= 0.3 is 5.97 Å². The summed E-state index contributed by atoms with van der Waals surface area (Å²) in [6, 6.07) is 2.32. The predicted molar refractivity (Wildman–Crippen MR) is 65.3 cm³/mol. The van der Waals surface area contributed by atoms with Crippen LogP contribution < -0.4 is 10.6 Å². The number of carboxylic acid groups (broad SMARTS) is 1. The topological polar surface area (TPSA) is 95.5 Å². The second-order valence-corrected chi connectivity index (χ2v) is 3.91. The normalized spacial score (nSPS) is 11.5. The van der Waals surface area contributed by atoms with Gasteiger partial charge in [0.15, 0.2) is 0 Å². The van der Waals surface area contributed by atoms with Gasteiger partial charge in [0.1, 0.15) is 11.9 Å². The molecule has 1 atom stereocenters. The lowest BCUT2D eigenvalue weighted by Gasteiger charge is -2.11. The average molecular weight is 268 g/mol. The molecule has 0 saturated carbocycles. The van der Waals surface area contributed by atoms with Crippen LogP contribution in [0.25, 0.3) is 0 Å². The van der Waals surface area contributed by atoms with E-state index in [1.165, 1.54) is 19.9 Å². The van der Waals surface area contributed by atoms with Crippen molar-refractivity contribution in [2.45, 2.75) is 19.9 Å². The zero-order valence-corrected chi connectivity index (χ0v) is 10.4. The molecule has 1 aromatic carbocycles. The second-order valence-electron chi connectivity index (χ2n) is 3.91. The zero-order chi connectivity index (χ0) is 14.6. The van der Waals surface area contributed by atoms with Gasteiger partial charge in [0.25, 0.3) is 5.91 Å². The molecule has 0 aliphatic heterocycles. The second kappa shape index (κ2) is 5.94. The van der Waals surface area contributed by atoms with Crippen molar-refractivity contribution in [2.24, 2.45) is 0 Å². The van der Waals surface area contributed by atoms with Crippen molar-refractivity contribution >= 4 is 23.5 Å². The van der Waals surface area contributed by atoms with E-state index in [-0.39, 0.29) is 17.2 Å². The number of halogens is 1. The number of hydrogen-bond acceptors (Lipinski definition) is 3. The fourth-order valence-electron chi connectivity index (χ4n) is 1.32. The van der Waals surface area contributed by atoms with Crippen LogP contribution in [0.1, 0.15) is 24.2 Å². The van der Waals surface area contributed by atoms with Gasteiger partial charge in [-0.2, -0.15) is 0 Å². The molecule has 0 spiro atoms. The van der Waals surface area contributed by atoms with E-state index < -0.39 is 23.7 Å². The van der Waals surface area contributed by atoms with Gasteiger partial charge in [-0.05, 0) is 25.1 Å². The van der Waals surface area contributed by atoms with Gasteiger partial charge in [-0.3, -0.25) is 14.4 Å². The minimum Gasteiger partial charge on any atom is -0.480 e. The van der Waals surface area contributed by atoms with Crippen molar-refractivity contribution in [1.29, 1.82) is 0 Å². The molecule has 6 nitrogen and oxygen atoms in total. The van der Waals surface area contributed by atoms with Crippen molar-refractivity contribution in [1.82, 2.24) is 5.32 Å². The molecule has 0 aliphatic rings. The number of carboxylic acids is 1. The maximum absolute atomic E-state index is 13.5. The van der Waals surface area contributed by atoms with E-state index in [4.69, 9.17) is 5.11 Å². The molecule has 0 heterocycles. The maximum Gasteiger partial charge on any atom is 0.325 e. The molecule has 3 N–H and O–H groups in total.